The first kappa shape index (κ1) is 13.2. The zero-order chi connectivity index (χ0) is 12.3. The molecule has 4 nitrogen and oxygen atoms in total. The number of hydrogen-bond acceptors (Lipinski definition) is 3. The number of nitrogens with one attached hydrogen (secondary N) is 1. The number of amides is 1. The summed E-state index contributed by atoms with van der Waals surface area (Å²) in [6, 6.07) is 3.10. The predicted molar refractivity (Wildman–Crippen MR) is 69.8 cm³/mol. The Kier molecular flexibility index (Phi) is 4.55. The molecule has 0 aromatic heterocycles. The fraction of sp³-hybridized carbons (Fsp3) is 0.200. The van der Waals surface area contributed by atoms with Gasteiger partial charge in [-0.1, -0.05) is 11.6 Å². The Labute approximate surface area is 111 Å². The SMILES string of the molecule is COC(=O)c1ccc(Cl)c(I)c1NC(C)=O. The largest absolute Gasteiger partial charge is 0.465 e. The number of esters is 1. The first-order chi connectivity index (χ1) is 7.47. The van der Waals surface area contributed by atoms with E-state index in [0.717, 1.165) is 0 Å². The van der Waals surface area contributed by atoms with E-state index in [4.69, 9.17) is 11.6 Å². The first-order valence-corrected chi connectivity index (χ1v) is 5.77. The molecule has 16 heavy (non-hydrogen) atoms. The van der Waals surface area contributed by atoms with Gasteiger partial charge in [0.05, 0.1) is 27.0 Å². The van der Waals surface area contributed by atoms with Gasteiger partial charge >= 0.3 is 5.97 Å². The van der Waals surface area contributed by atoms with Crippen molar-refractivity contribution in [3.05, 3.63) is 26.3 Å². The van der Waals surface area contributed by atoms with Gasteiger partial charge < -0.3 is 10.1 Å². The van der Waals surface area contributed by atoms with Gasteiger partial charge in [0.15, 0.2) is 0 Å². The maximum atomic E-state index is 11.5. The van der Waals surface area contributed by atoms with Gasteiger partial charge in [-0.3, -0.25) is 4.79 Å². The standard InChI is InChI=1S/C10H9ClINO3/c1-5(14)13-9-6(10(15)16-2)3-4-7(11)8(9)12/h3-4H,1-2H3,(H,13,14). The van der Waals surface area contributed by atoms with Crippen molar-refractivity contribution in [2.45, 2.75) is 6.92 Å². The molecule has 0 saturated heterocycles. The Bertz CT molecular complexity index is 448. The third kappa shape index (κ3) is 2.85. The number of carbonyl (C=O) groups is 2. The summed E-state index contributed by atoms with van der Waals surface area (Å²) in [7, 11) is 1.28. The molecule has 0 bridgehead atoms. The Morgan fingerprint density at radius 2 is 2.06 bits per heavy atom. The average molecular weight is 354 g/mol. The van der Waals surface area contributed by atoms with Crippen LogP contribution in [0.4, 0.5) is 5.69 Å². The van der Waals surface area contributed by atoms with Gasteiger partial charge in [-0.2, -0.15) is 0 Å². The van der Waals surface area contributed by atoms with Crippen LogP contribution in [0.25, 0.3) is 0 Å². The summed E-state index contributed by atoms with van der Waals surface area (Å²) in [4.78, 5) is 22.5. The van der Waals surface area contributed by atoms with Crippen molar-refractivity contribution in [1.29, 1.82) is 0 Å². The highest BCUT2D eigenvalue weighted by Crippen LogP contribution is 2.30. The molecule has 0 fully saturated rings. The van der Waals surface area contributed by atoms with Crippen LogP contribution >= 0.6 is 34.2 Å². The van der Waals surface area contributed by atoms with E-state index in [1.165, 1.54) is 20.1 Å². The molecule has 86 valence electrons. The van der Waals surface area contributed by atoms with Crippen molar-refractivity contribution in [2.75, 3.05) is 12.4 Å². The summed E-state index contributed by atoms with van der Waals surface area (Å²) in [6.45, 7) is 1.36. The second-order valence-electron chi connectivity index (χ2n) is 2.96. The minimum absolute atomic E-state index is 0.273. The fourth-order valence-electron chi connectivity index (χ4n) is 1.13. The molecular formula is C10H9ClINO3. The van der Waals surface area contributed by atoms with Crippen LogP contribution in [0.5, 0.6) is 0 Å². The van der Waals surface area contributed by atoms with Crippen LogP contribution in [0.1, 0.15) is 17.3 Å². The molecule has 1 rings (SSSR count). The zero-order valence-electron chi connectivity index (χ0n) is 8.64. The minimum atomic E-state index is -0.515. The molecular weight excluding hydrogens is 344 g/mol. The second kappa shape index (κ2) is 5.49. The van der Waals surface area contributed by atoms with Crippen LogP contribution in [-0.2, 0) is 9.53 Å². The molecule has 0 saturated carbocycles. The van der Waals surface area contributed by atoms with Crippen molar-refractivity contribution in [2.24, 2.45) is 0 Å². The summed E-state index contributed by atoms with van der Waals surface area (Å²) < 4.78 is 5.23. The van der Waals surface area contributed by atoms with Crippen LogP contribution in [0, 0.1) is 3.57 Å². The van der Waals surface area contributed by atoms with Crippen LogP contribution in [0.3, 0.4) is 0 Å². The molecule has 0 aliphatic rings. The van der Waals surface area contributed by atoms with E-state index in [-0.39, 0.29) is 11.5 Å². The summed E-state index contributed by atoms with van der Waals surface area (Å²) in [5, 5.41) is 3.04. The van der Waals surface area contributed by atoms with Crippen molar-refractivity contribution < 1.29 is 14.3 Å². The monoisotopic (exact) mass is 353 g/mol. The quantitative estimate of drug-likeness (QED) is 0.657. The summed E-state index contributed by atoms with van der Waals surface area (Å²) >= 11 is 7.87. The Morgan fingerprint density at radius 3 is 2.56 bits per heavy atom. The normalized spacial score (nSPS) is 9.75. The Balaban J connectivity index is 3.32. The van der Waals surface area contributed by atoms with Crippen LogP contribution in [0.2, 0.25) is 5.02 Å². The minimum Gasteiger partial charge on any atom is -0.465 e. The molecule has 0 heterocycles. The van der Waals surface area contributed by atoms with Gasteiger partial charge in [-0.15, -0.1) is 0 Å². The fourth-order valence-corrected chi connectivity index (χ4v) is 1.89. The highest BCUT2D eigenvalue weighted by molar-refractivity contribution is 14.1. The molecule has 6 heteroatoms. The third-order valence-corrected chi connectivity index (χ3v) is 3.56. The number of halogens is 2. The van der Waals surface area contributed by atoms with E-state index >= 15 is 0 Å². The number of anilines is 1. The van der Waals surface area contributed by atoms with E-state index in [0.29, 0.717) is 14.3 Å². The van der Waals surface area contributed by atoms with Gasteiger partial charge in [-0.25, -0.2) is 4.79 Å². The summed E-state index contributed by atoms with van der Waals surface area (Å²) in [5.74, 6) is -0.788. The highest BCUT2D eigenvalue weighted by Gasteiger charge is 2.17. The molecule has 1 aromatic rings. The molecule has 0 radical (unpaired) electrons. The summed E-state index contributed by atoms with van der Waals surface area (Å²) in [6.07, 6.45) is 0. The smallest absolute Gasteiger partial charge is 0.340 e. The molecule has 0 aliphatic carbocycles. The lowest BCUT2D eigenvalue weighted by Gasteiger charge is -2.11. The van der Waals surface area contributed by atoms with Crippen LogP contribution in [-0.4, -0.2) is 19.0 Å². The van der Waals surface area contributed by atoms with Gasteiger partial charge in [0, 0.05) is 6.92 Å². The van der Waals surface area contributed by atoms with Gasteiger partial charge in [0.2, 0.25) is 5.91 Å². The number of carbonyl (C=O) groups excluding carboxylic acids is 2. The van der Waals surface area contributed by atoms with Crippen molar-refractivity contribution in [3.63, 3.8) is 0 Å². The average Bonchev–Trinajstić information content (AvgIpc) is 2.23. The maximum absolute atomic E-state index is 11.5. The molecule has 0 unspecified atom stereocenters. The number of methoxy groups -OCH3 is 1. The maximum Gasteiger partial charge on any atom is 0.340 e. The lowest BCUT2D eigenvalue weighted by atomic mass is 10.2. The van der Waals surface area contributed by atoms with Gasteiger partial charge in [-0.05, 0) is 34.7 Å². The first-order valence-electron chi connectivity index (χ1n) is 4.31. The van der Waals surface area contributed by atoms with Gasteiger partial charge in [0.1, 0.15) is 0 Å². The van der Waals surface area contributed by atoms with E-state index < -0.39 is 5.97 Å². The van der Waals surface area contributed by atoms with Gasteiger partial charge in [0.25, 0.3) is 0 Å². The number of ether oxygens (including phenoxy) is 1. The molecule has 1 amide bonds. The summed E-state index contributed by atoms with van der Waals surface area (Å²) in [5.41, 5.74) is 0.666. The number of rotatable bonds is 2. The lowest BCUT2D eigenvalue weighted by Crippen LogP contribution is -2.13. The molecule has 0 spiro atoms. The second-order valence-corrected chi connectivity index (χ2v) is 4.44. The van der Waals surface area contributed by atoms with Crippen molar-refractivity contribution in [3.8, 4) is 0 Å². The Morgan fingerprint density at radius 1 is 1.44 bits per heavy atom. The Hall–Kier alpha value is -0.820. The topological polar surface area (TPSA) is 55.4 Å². The molecule has 0 aliphatic heterocycles. The van der Waals surface area contributed by atoms with Crippen molar-refractivity contribution >= 4 is 51.8 Å². The molecule has 1 aromatic carbocycles. The lowest BCUT2D eigenvalue weighted by molar-refractivity contribution is -0.114. The van der Waals surface area contributed by atoms with E-state index in [2.05, 4.69) is 10.1 Å². The number of hydrogen-bond donors (Lipinski definition) is 1. The number of benzene rings is 1. The van der Waals surface area contributed by atoms with E-state index in [1.54, 1.807) is 6.07 Å². The predicted octanol–water partition coefficient (Wildman–Crippen LogP) is 2.69. The third-order valence-electron chi connectivity index (χ3n) is 1.80. The molecule has 0 atom stereocenters. The van der Waals surface area contributed by atoms with Crippen LogP contribution < -0.4 is 5.32 Å². The highest BCUT2D eigenvalue weighted by atomic mass is 127. The van der Waals surface area contributed by atoms with E-state index in [1.807, 2.05) is 22.6 Å². The van der Waals surface area contributed by atoms with E-state index in [9.17, 15) is 9.59 Å². The molecule has 1 N–H and O–H groups in total. The zero-order valence-corrected chi connectivity index (χ0v) is 11.5. The van der Waals surface area contributed by atoms with Crippen LogP contribution in [0.15, 0.2) is 12.1 Å². The van der Waals surface area contributed by atoms with Crippen molar-refractivity contribution in [1.82, 2.24) is 0 Å².